The minimum Gasteiger partial charge on any atom is -0.316 e. The fourth-order valence-electron chi connectivity index (χ4n) is 1.83. The number of carbonyl (C=O) groups excluding carboxylic acids is 1. The molecule has 0 aromatic carbocycles. The van der Waals surface area contributed by atoms with E-state index in [0.717, 1.165) is 11.0 Å². The van der Waals surface area contributed by atoms with E-state index < -0.39 is 0 Å². The lowest BCUT2D eigenvalue weighted by Gasteiger charge is -2.11. The number of nitrogens with one attached hydrogen (secondary N) is 1. The van der Waals surface area contributed by atoms with Crippen LogP contribution in [0.5, 0.6) is 0 Å². The van der Waals surface area contributed by atoms with Gasteiger partial charge in [-0.05, 0) is 32.2 Å². The Morgan fingerprint density at radius 3 is 3.00 bits per heavy atom. The van der Waals surface area contributed by atoms with Crippen molar-refractivity contribution in [2.75, 3.05) is 11.1 Å². The number of amides is 1. The van der Waals surface area contributed by atoms with E-state index in [1.807, 2.05) is 31.4 Å². The number of carbonyl (C=O) groups is 1. The summed E-state index contributed by atoms with van der Waals surface area (Å²) in [5, 5.41) is 22.9. The molecule has 6 nitrogen and oxygen atoms in total. The molecular weight excluding hydrogens is 306 g/mol. The van der Waals surface area contributed by atoms with E-state index >= 15 is 0 Å². The van der Waals surface area contributed by atoms with Crippen LogP contribution in [0.15, 0.2) is 16.6 Å². The Hall–Kier alpha value is -1.85. The Morgan fingerprint density at radius 2 is 2.33 bits per heavy atom. The molecule has 2 aromatic rings. The molecule has 2 aromatic heterocycles. The maximum Gasteiger partial charge on any atom is 0.235 e. The summed E-state index contributed by atoms with van der Waals surface area (Å²) in [7, 11) is 0. The SMILES string of the molecule is Cc1nnc(SCC(=O)Nc2sccc2C#N)n1C(C)C. The number of rotatable bonds is 5. The lowest BCUT2D eigenvalue weighted by molar-refractivity contribution is -0.113. The molecule has 0 radical (unpaired) electrons. The van der Waals surface area contributed by atoms with E-state index in [2.05, 4.69) is 15.5 Å². The summed E-state index contributed by atoms with van der Waals surface area (Å²) >= 11 is 2.68. The lowest BCUT2D eigenvalue weighted by Crippen LogP contribution is -2.14. The summed E-state index contributed by atoms with van der Waals surface area (Å²) in [6.45, 7) is 5.98. The number of hydrogen-bond acceptors (Lipinski definition) is 6. The van der Waals surface area contributed by atoms with Crippen molar-refractivity contribution in [3.05, 3.63) is 22.8 Å². The standard InChI is InChI=1S/C13H15N5OS2/c1-8(2)18-9(3)16-17-13(18)21-7-11(19)15-12-10(6-14)4-5-20-12/h4-5,8H,7H2,1-3H3,(H,15,19). The molecule has 8 heteroatoms. The van der Waals surface area contributed by atoms with Gasteiger partial charge in [0.05, 0.1) is 11.3 Å². The zero-order chi connectivity index (χ0) is 15.4. The van der Waals surface area contributed by atoms with E-state index in [1.54, 1.807) is 11.4 Å². The second-order valence-electron chi connectivity index (χ2n) is 4.61. The Balaban J connectivity index is 1.98. The van der Waals surface area contributed by atoms with Crippen LogP contribution in [0.4, 0.5) is 5.00 Å². The van der Waals surface area contributed by atoms with Crippen molar-refractivity contribution in [2.24, 2.45) is 0 Å². The first-order valence-electron chi connectivity index (χ1n) is 6.34. The molecule has 0 bridgehead atoms. The smallest absolute Gasteiger partial charge is 0.235 e. The van der Waals surface area contributed by atoms with E-state index in [0.29, 0.717) is 10.6 Å². The zero-order valence-corrected chi connectivity index (χ0v) is 13.6. The second-order valence-corrected chi connectivity index (χ2v) is 6.46. The molecule has 0 aliphatic rings. The predicted octanol–water partition coefficient (Wildman–Crippen LogP) is 2.83. The number of nitriles is 1. The van der Waals surface area contributed by atoms with E-state index in [1.165, 1.54) is 23.1 Å². The number of aryl methyl sites for hydroxylation is 1. The molecule has 0 spiro atoms. The molecule has 0 fully saturated rings. The average molecular weight is 321 g/mol. The van der Waals surface area contributed by atoms with Crippen molar-refractivity contribution < 1.29 is 4.79 Å². The lowest BCUT2D eigenvalue weighted by atomic mass is 10.3. The van der Waals surface area contributed by atoms with E-state index in [4.69, 9.17) is 5.26 Å². The van der Waals surface area contributed by atoms with Gasteiger partial charge < -0.3 is 9.88 Å². The molecule has 0 aliphatic carbocycles. The quantitative estimate of drug-likeness (QED) is 0.856. The molecule has 1 N–H and O–H groups in total. The first-order valence-corrected chi connectivity index (χ1v) is 8.21. The predicted molar refractivity (Wildman–Crippen MR) is 83.5 cm³/mol. The van der Waals surface area contributed by atoms with Crippen LogP contribution < -0.4 is 5.32 Å². The van der Waals surface area contributed by atoms with Gasteiger partial charge in [0.15, 0.2) is 5.16 Å². The van der Waals surface area contributed by atoms with Crippen LogP contribution >= 0.6 is 23.1 Å². The molecule has 21 heavy (non-hydrogen) atoms. The van der Waals surface area contributed by atoms with Gasteiger partial charge in [-0.1, -0.05) is 11.8 Å². The van der Waals surface area contributed by atoms with Crippen LogP contribution in [0.25, 0.3) is 0 Å². The van der Waals surface area contributed by atoms with Crippen LogP contribution in [0, 0.1) is 18.3 Å². The van der Waals surface area contributed by atoms with Gasteiger partial charge in [-0.15, -0.1) is 21.5 Å². The van der Waals surface area contributed by atoms with Crippen LogP contribution in [-0.2, 0) is 4.79 Å². The van der Waals surface area contributed by atoms with Crippen LogP contribution in [0.1, 0.15) is 31.3 Å². The van der Waals surface area contributed by atoms with Gasteiger partial charge in [0, 0.05) is 6.04 Å². The highest BCUT2D eigenvalue weighted by Gasteiger charge is 2.14. The Bertz CT molecular complexity index is 683. The van der Waals surface area contributed by atoms with Crippen molar-refractivity contribution in [1.29, 1.82) is 5.26 Å². The monoisotopic (exact) mass is 321 g/mol. The number of aromatic nitrogens is 3. The highest BCUT2D eigenvalue weighted by Crippen LogP contribution is 2.24. The van der Waals surface area contributed by atoms with Gasteiger partial charge in [-0.3, -0.25) is 4.79 Å². The minimum absolute atomic E-state index is 0.157. The molecule has 110 valence electrons. The third-order valence-electron chi connectivity index (χ3n) is 2.72. The number of hydrogen-bond donors (Lipinski definition) is 1. The van der Waals surface area contributed by atoms with Gasteiger partial charge in [-0.25, -0.2) is 0 Å². The van der Waals surface area contributed by atoms with E-state index in [-0.39, 0.29) is 17.7 Å². The van der Waals surface area contributed by atoms with Crippen LogP contribution in [0.2, 0.25) is 0 Å². The van der Waals surface area contributed by atoms with Gasteiger partial charge in [0.2, 0.25) is 5.91 Å². The van der Waals surface area contributed by atoms with Gasteiger partial charge >= 0.3 is 0 Å². The topological polar surface area (TPSA) is 83.6 Å². The molecule has 0 atom stereocenters. The number of thiophene rings is 1. The fraction of sp³-hybridized carbons (Fsp3) is 0.385. The Kier molecular flexibility index (Phi) is 4.98. The van der Waals surface area contributed by atoms with Crippen LogP contribution in [-0.4, -0.2) is 26.4 Å². The Labute approximate surface area is 131 Å². The molecule has 0 unspecified atom stereocenters. The summed E-state index contributed by atoms with van der Waals surface area (Å²) in [6.07, 6.45) is 0. The van der Waals surface area contributed by atoms with Gasteiger partial charge in [-0.2, -0.15) is 5.26 Å². The van der Waals surface area contributed by atoms with E-state index in [9.17, 15) is 4.79 Å². The first kappa shape index (κ1) is 15.5. The molecular formula is C13H15N5OS2. The highest BCUT2D eigenvalue weighted by atomic mass is 32.2. The largest absolute Gasteiger partial charge is 0.316 e. The van der Waals surface area contributed by atoms with Crippen molar-refractivity contribution in [1.82, 2.24) is 14.8 Å². The number of thioether (sulfide) groups is 1. The molecule has 0 aliphatic heterocycles. The molecule has 1 amide bonds. The first-order chi connectivity index (χ1) is 10.0. The van der Waals surface area contributed by atoms with Crippen LogP contribution in [0.3, 0.4) is 0 Å². The average Bonchev–Trinajstić information content (AvgIpc) is 3.02. The number of nitrogens with zero attached hydrogens (tertiary/aromatic N) is 4. The number of anilines is 1. The third kappa shape index (κ3) is 3.62. The summed E-state index contributed by atoms with van der Waals surface area (Å²) in [6, 6.07) is 3.97. The van der Waals surface area contributed by atoms with Gasteiger partial charge in [0.1, 0.15) is 16.9 Å². The molecule has 2 rings (SSSR count). The maximum atomic E-state index is 11.9. The maximum absolute atomic E-state index is 11.9. The summed E-state index contributed by atoms with van der Waals surface area (Å²) in [5.41, 5.74) is 0.486. The Morgan fingerprint density at radius 1 is 1.57 bits per heavy atom. The fourth-order valence-corrected chi connectivity index (χ4v) is 3.50. The van der Waals surface area contributed by atoms with Gasteiger partial charge in [0.25, 0.3) is 0 Å². The third-order valence-corrected chi connectivity index (χ3v) is 4.50. The normalized spacial score (nSPS) is 10.6. The van der Waals surface area contributed by atoms with Crippen molar-refractivity contribution in [2.45, 2.75) is 32.0 Å². The molecule has 0 saturated carbocycles. The highest BCUT2D eigenvalue weighted by molar-refractivity contribution is 7.99. The van der Waals surface area contributed by atoms with Crippen molar-refractivity contribution in [3.8, 4) is 6.07 Å². The molecule has 2 heterocycles. The summed E-state index contributed by atoms with van der Waals surface area (Å²) < 4.78 is 1.99. The molecule has 0 saturated heterocycles. The van der Waals surface area contributed by atoms with Crippen molar-refractivity contribution in [3.63, 3.8) is 0 Å². The van der Waals surface area contributed by atoms with Crippen molar-refractivity contribution >= 4 is 34.0 Å². The summed E-state index contributed by atoms with van der Waals surface area (Å²) in [5.74, 6) is 0.904. The second kappa shape index (κ2) is 6.74. The zero-order valence-electron chi connectivity index (χ0n) is 12.0. The minimum atomic E-state index is -0.157. The summed E-state index contributed by atoms with van der Waals surface area (Å²) in [4.78, 5) is 11.9.